The maximum atomic E-state index is 8.99. The summed E-state index contributed by atoms with van der Waals surface area (Å²) < 4.78 is 41.3. The number of aliphatic hydroxyl groups excluding tert-OH is 2. The second-order valence-corrected chi connectivity index (χ2v) is 5.54. The van der Waals surface area contributed by atoms with Crippen molar-refractivity contribution in [3.8, 4) is 0 Å². The zero-order valence-electron chi connectivity index (χ0n) is 13.3. The van der Waals surface area contributed by atoms with Crippen LogP contribution in [0.25, 0.3) is 0 Å². The van der Waals surface area contributed by atoms with Crippen molar-refractivity contribution in [2.24, 2.45) is 14.1 Å². The van der Waals surface area contributed by atoms with Gasteiger partial charge >= 0.3 is 0 Å². The first-order valence-corrected chi connectivity index (χ1v) is 7.81. The Kier molecular flexibility index (Phi) is 8.64. The molecule has 2 atom stereocenters. The summed E-state index contributed by atoms with van der Waals surface area (Å²) in [5.74, 6) is 0. The van der Waals surface area contributed by atoms with Crippen molar-refractivity contribution in [3.63, 3.8) is 0 Å². The first-order chi connectivity index (χ1) is 10.4. The third kappa shape index (κ3) is 11.4. The van der Waals surface area contributed by atoms with E-state index in [-0.39, 0.29) is 0 Å². The molecule has 0 aliphatic rings. The molecule has 0 spiro atoms. The third-order valence-corrected chi connectivity index (χ3v) is 2.44. The molecular formula is C12H22N4O6S. The van der Waals surface area contributed by atoms with Crippen LogP contribution in [0.5, 0.6) is 0 Å². The van der Waals surface area contributed by atoms with Gasteiger partial charge in [0.05, 0.1) is 14.1 Å². The molecular weight excluding hydrogens is 328 g/mol. The predicted molar refractivity (Wildman–Crippen MR) is 75.6 cm³/mol. The van der Waals surface area contributed by atoms with E-state index in [9.17, 15) is 0 Å². The Labute approximate surface area is 135 Å². The SMILES string of the molecule is CC(O)[n+]1ccn(C)c1.CC(O)[n+]1ccn(C)c1.O=S(=O)([O-])[O-]. The molecule has 0 aliphatic heterocycles. The van der Waals surface area contributed by atoms with Gasteiger partial charge < -0.3 is 19.3 Å². The zero-order valence-corrected chi connectivity index (χ0v) is 14.2. The molecule has 2 unspecified atom stereocenters. The van der Waals surface area contributed by atoms with Crippen LogP contribution in [0.2, 0.25) is 0 Å². The number of hydrogen-bond donors (Lipinski definition) is 2. The highest BCUT2D eigenvalue weighted by Crippen LogP contribution is 1.86. The summed E-state index contributed by atoms with van der Waals surface area (Å²) >= 11 is 0. The van der Waals surface area contributed by atoms with E-state index < -0.39 is 22.9 Å². The van der Waals surface area contributed by atoms with Crippen molar-refractivity contribution < 1.29 is 36.9 Å². The Morgan fingerprint density at radius 3 is 1.26 bits per heavy atom. The molecule has 0 fully saturated rings. The van der Waals surface area contributed by atoms with Crippen molar-refractivity contribution in [1.29, 1.82) is 0 Å². The minimum absolute atomic E-state index is 0.425. The first-order valence-electron chi connectivity index (χ1n) is 6.48. The van der Waals surface area contributed by atoms with E-state index >= 15 is 0 Å². The van der Waals surface area contributed by atoms with E-state index in [0.29, 0.717) is 0 Å². The third-order valence-electron chi connectivity index (χ3n) is 2.44. The van der Waals surface area contributed by atoms with E-state index in [4.69, 9.17) is 27.7 Å². The van der Waals surface area contributed by atoms with Crippen molar-refractivity contribution in [1.82, 2.24) is 9.13 Å². The van der Waals surface area contributed by atoms with Gasteiger partial charge in [0.2, 0.25) is 12.7 Å². The molecule has 2 rings (SSSR count). The molecule has 132 valence electrons. The van der Waals surface area contributed by atoms with Crippen molar-refractivity contribution in [2.75, 3.05) is 0 Å². The van der Waals surface area contributed by atoms with Crippen LogP contribution < -0.4 is 9.13 Å². The molecule has 2 aromatic heterocycles. The normalized spacial score (nSPS) is 13.2. The number of hydrogen-bond acceptors (Lipinski definition) is 6. The molecule has 0 aliphatic carbocycles. The molecule has 2 heterocycles. The maximum Gasteiger partial charge on any atom is 0.245 e. The standard InChI is InChI=1S/2C6H11N2O.H2O4S/c2*1-6(9)8-4-3-7(2)5-8;1-5(2,3)4/h2*3-6,9H,1-2H3;(H2,1,2,3,4)/q2*+1;/p-2. The maximum absolute atomic E-state index is 8.99. The lowest BCUT2D eigenvalue weighted by molar-refractivity contribution is -0.755. The van der Waals surface area contributed by atoms with Gasteiger partial charge in [0.15, 0.2) is 12.5 Å². The minimum atomic E-state index is -5.17. The van der Waals surface area contributed by atoms with Gasteiger partial charge in [0.1, 0.15) is 24.8 Å². The average Bonchev–Trinajstić information content (AvgIpc) is 2.96. The number of imidazole rings is 2. The lowest BCUT2D eigenvalue weighted by Crippen LogP contribution is -2.34. The molecule has 0 aromatic carbocycles. The molecule has 2 aromatic rings. The van der Waals surface area contributed by atoms with Gasteiger partial charge in [-0.3, -0.25) is 8.42 Å². The summed E-state index contributed by atoms with van der Waals surface area (Å²) in [5, 5.41) is 18.0. The van der Waals surface area contributed by atoms with E-state index in [1.54, 1.807) is 23.0 Å². The van der Waals surface area contributed by atoms with Crippen LogP contribution in [0, 0.1) is 0 Å². The predicted octanol–water partition coefficient (Wildman–Crippen LogP) is -1.69. The number of aromatic nitrogens is 4. The van der Waals surface area contributed by atoms with E-state index in [1.165, 1.54) is 0 Å². The van der Waals surface area contributed by atoms with Gasteiger partial charge in [-0.2, -0.15) is 0 Å². The Balaban J connectivity index is 0.000000332. The molecule has 2 N–H and O–H groups in total. The summed E-state index contributed by atoms with van der Waals surface area (Å²) in [5.41, 5.74) is 0. The molecule has 23 heavy (non-hydrogen) atoms. The highest BCUT2D eigenvalue weighted by molar-refractivity contribution is 7.79. The van der Waals surface area contributed by atoms with Crippen LogP contribution in [0.4, 0.5) is 0 Å². The molecule has 11 heteroatoms. The second kappa shape index (κ2) is 9.37. The number of aryl methyl sites for hydroxylation is 2. The Bertz CT molecular complexity index is 625. The van der Waals surface area contributed by atoms with Gasteiger partial charge in [-0.15, -0.1) is 0 Å². The smallest absolute Gasteiger partial charge is 0.245 e. The van der Waals surface area contributed by atoms with Crippen LogP contribution in [-0.4, -0.2) is 36.9 Å². The summed E-state index contributed by atoms with van der Waals surface area (Å²) in [7, 11) is -1.34. The Hall–Kier alpha value is -1.79. The van der Waals surface area contributed by atoms with E-state index in [0.717, 1.165) is 0 Å². The van der Waals surface area contributed by atoms with Crippen LogP contribution in [0.15, 0.2) is 37.4 Å². The first kappa shape index (κ1) is 21.2. The largest absolute Gasteiger partial charge is 0.759 e. The molecule has 0 bridgehead atoms. The van der Waals surface area contributed by atoms with Crippen LogP contribution >= 0.6 is 0 Å². The monoisotopic (exact) mass is 350 g/mol. The van der Waals surface area contributed by atoms with Crippen molar-refractivity contribution >= 4 is 10.4 Å². The summed E-state index contributed by atoms with van der Waals surface area (Å²) in [6.07, 6.45) is 10.2. The highest BCUT2D eigenvalue weighted by Gasteiger charge is 2.04. The zero-order chi connectivity index (χ0) is 18.2. The summed E-state index contributed by atoms with van der Waals surface area (Å²) in [6, 6.07) is 0. The number of aliphatic hydroxyl groups is 2. The van der Waals surface area contributed by atoms with Crippen LogP contribution in [-0.2, 0) is 24.5 Å². The lowest BCUT2D eigenvalue weighted by Gasteiger charge is -2.06. The number of rotatable bonds is 2. The quantitative estimate of drug-likeness (QED) is 0.376. The van der Waals surface area contributed by atoms with Gasteiger partial charge in [-0.1, -0.05) is 0 Å². The topological polar surface area (TPSA) is 138 Å². The Morgan fingerprint density at radius 2 is 1.17 bits per heavy atom. The second-order valence-electron chi connectivity index (χ2n) is 4.72. The Morgan fingerprint density at radius 1 is 0.913 bits per heavy atom. The van der Waals surface area contributed by atoms with Crippen molar-refractivity contribution in [3.05, 3.63) is 37.4 Å². The average molecular weight is 350 g/mol. The van der Waals surface area contributed by atoms with Gasteiger partial charge in [0.25, 0.3) is 0 Å². The van der Waals surface area contributed by atoms with Crippen LogP contribution in [0.1, 0.15) is 26.3 Å². The molecule has 0 radical (unpaired) electrons. The summed E-state index contributed by atoms with van der Waals surface area (Å²) in [4.78, 5) is 0. The fraction of sp³-hybridized carbons (Fsp3) is 0.500. The highest BCUT2D eigenvalue weighted by atomic mass is 32.3. The minimum Gasteiger partial charge on any atom is -0.759 e. The van der Waals surface area contributed by atoms with Gasteiger partial charge in [-0.25, -0.2) is 18.3 Å². The lowest BCUT2D eigenvalue weighted by atomic mass is 10.6. The molecule has 10 nitrogen and oxygen atoms in total. The van der Waals surface area contributed by atoms with Crippen LogP contribution in [0.3, 0.4) is 0 Å². The fourth-order valence-electron chi connectivity index (χ4n) is 1.38. The molecule has 0 saturated carbocycles. The van der Waals surface area contributed by atoms with Crippen molar-refractivity contribution in [2.45, 2.75) is 26.3 Å². The molecule has 0 amide bonds. The van der Waals surface area contributed by atoms with Gasteiger partial charge in [0, 0.05) is 24.2 Å². The van der Waals surface area contributed by atoms with Gasteiger partial charge in [-0.05, 0) is 0 Å². The number of nitrogens with zero attached hydrogens (tertiary/aromatic N) is 4. The van der Waals surface area contributed by atoms with E-state index in [1.807, 2.05) is 60.7 Å². The summed E-state index contributed by atoms with van der Waals surface area (Å²) in [6.45, 7) is 3.44. The molecule has 0 saturated heterocycles. The van der Waals surface area contributed by atoms with E-state index in [2.05, 4.69) is 0 Å². The fourth-order valence-corrected chi connectivity index (χ4v) is 1.38.